The van der Waals surface area contributed by atoms with Crippen molar-refractivity contribution < 1.29 is 9.53 Å². The number of rotatable bonds is 8. The largest absolute Gasteiger partial charge is 0.383 e. The highest BCUT2D eigenvalue weighted by Crippen LogP contribution is 1.96. The second-order valence-electron chi connectivity index (χ2n) is 3.11. The summed E-state index contributed by atoms with van der Waals surface area (Å²) in [5.41, 5.74) is 5.02. The summed E-state index contributed by atoms with van der Waals surface area (Å²) in [4.78, 5) is 10.4. The lowest BCUT2D eigenvalue weighted by molar-refractivity contribution is -0.117. The summed E-state index contributed by atoms with van der Waals surface area (Å²) in [5, 5.41) is 3.23. The summed E-state index contributed by atoms with van der Waals surface area (Å²) in [6, 6.07) is 0.342. The minimum Gasteiger partial charge on any atom is -0.383 e. The fourth-order valence-electron chi connectivity index (χ4n) is 1.19. The van der Waals surface area contributed by atoms with Gasteiger partial charge in [0.25, 0.3) is 0 Å². The molecule has 0 spiro atoms. The molecule has 0 saturated heterocycles. The van der Waals surface area contributed by atoms with Crippen LogP contribution in [0.3, 0.4) is 0 Å². The second-order valence-corrected chi connectivity index (χ2v) is 3.11. The normalized spacial score (nSPS) is 12.8. The molecule has 1 amide bonds. The highest BCUT2D eigenvalue weighted by molar-refractivity contribution is 5.73. The Labute approximate surface area is 79.8 Å². The van der Waals surface area contributed by atoms with Gasteiger partial charge in [0.05, 0.1) is 6.61 Å². The lowest BCUT2D eigenvalue weighted by Gasteiger charge is -2.16. The molecule has 1 unspecified atom stereocenters. The molecule has 0 saturated carbocycles. The Hall–Kier alpha value is -0.610. The van der Waals surface area contributed by atoms with Crippen LogP contribution >= 0.6 is 0 Å². The molecule has 0 bridgehead atoms. The maximum atomic E-state index is 10.4. The van der Waals surface area contributed by atoms with Gasteiger partial charge in [-0.2, -0.15) is 0 Å². The average Bonchev–Trinajstić information content (AvgIpc) is 2.04. The van der Waals surface area contributed by atoms with Crippen molar-refractivity contribution >= 4 is 5.91 Å². The summed E-state index contributed by atoms with van der Waals surface area (Å²) in [5.74, 6) is -0.264. The molecule has 0 aromatic rings. The SMILES string of the molecule is CCCC(COC)NCCC(N)=O. The van der Waals surface area contributed by atoms with Gasteiger partial charge in [-0.3, -0.25) is 4.79 Å². The third-order valence-corrected chi connectivity index (χ3v) is 1.81. The molecule has 0 aromatic heterocycles. The van der Waals surface area contributed by atoms with E-state index in [9.17, 15) is 4.79 Å². The number of hydrogen-bond donors (Lipinski definition) is 2. The van der Waals surface area contributed by atoms with Crippen molar-refractivity contribution in [1.29, 1.82) is 0 Å². The smallest absolute Gasteiger partial charge is 0.218 e. The van der Waals surface area contributed by atoms with Crippen molar-refractivity contribution in [2.75, 3.05) is 20.3 Å². The zero-order valence-electron chi connectivity index (χ0n) is 8.51. The lowest BCUT2D eigenvalue weighted by atomic mass is 10.2. The third-order valence-electron chi connectivity index (χ3n) is 1.81. The molecule has 0 aromatic carbocycles. The molecule has 4 heteroatoms. The van der Waals surface area contributed by atoms with Crippen molar-refractivity contribution in [2.45, 2.75) is 32.2 Å². The lowest BCUT2D eigenvalue weighted by Crippen LogP contribution is -2.35. The Morgan fingerprint density at radius 3 is 2.77 bits per heavy atom. The van der Waals surface area contributed by atoms with Crippen LogP contribution in [0.15, 0.2) is 0 Å². The molecular formula is C9H20N2O2. The minimum atomic E-state index is -0.264. The number of nitrogens with two attached hydrogens (primary N) is 1. The first-order chi connectivity index (χ1) is 6.20. The topological polar surface area (TPSA) is 64.3 Å². The minimum absolute atomic E-state index is 0.264. The van der Waals surface area contributed by atoms with E-state index in [2.05, 4.69) is 12.2 Å². The standard InChI is InChI=1S/C9H20N2O2/c1-3-4-8(7-13-2)11-6-5-9(10)12/h8,11H,3-7H2,1-2H3,(H2,10,12). The van der Waals surface area contributed by atoms with Crippen LogP contribution in [-0.2, 0) is 9.53 Å². The Morgan fingerprint density at radius 1 is 1.62 bits per heavy atom. The predicted octanol–water partition coefficient (Wildman–Crippen LogP) is 0.267. The van der Waals surface area contributed by atoms with Crippen molar-refractivity contribution in [3.8, 4) is 0 Å². The van der Waals surface area contributed by atoms with Gasteiger partial charge < -0.3 is 15.8 Å². The molecule has 4 nitrogen and oxygen atoms in total. The van der Waals surface area contributed by atoms with Gasteiger partial charge in [-0.25, -0.2) is 0 Å². The monoisotopic (exact) mass is 188 g/mol. The maximum absolute atomic E-state index is 10.4. The van der Waals surface area contributed by atoms with E-state index < -0.39 is 0 Å². The van der Waals surface area contributed by atoms with Crippen molar-refractivity contribution in [3.63, 3.8) is 0 Å². The Morgan fingerprint density at radius 2 is 2.31 bits per heavy atom. The first kappa shape index (κ1) is 12.4. The molecular weight excluding hydrogens is 168 g/mol. The van der Waals surface area contributed by atoms with Gasteiger partial charge in [-0.05, 0) is 6.42 Å². The van der Waals surface area contributed by atoms with Gasteiger partial charge >= 0.3 is 0 Å². The summed E-state index contributed by atoms with van der Waals surface area (Å²) in [7, 11) is 1.68. The summed E-state index contributed by atoms with van der Waals surface area (Å²) < 4.78 is 5.04. The van der Waals surface area contributed by atoms with Crippen LogP contribution in [0.4, 0.5) is 0 Å². The predicted molar refractivity (Wildman–Crippen MR) is 52.4 cm³/mol. The van der Waals surface area contributed by atoms with E-state index in [4.69, 9.17) is 10.5 Å². The zero-order valence-corrected chi connectivity index (χ0v) is 8.51. The molecule has 3 N–H and O–H groups in total. The van der Waals surface area contributed by atoms with Crippen LogP contribution in [0.5, 0.6) is 0 Å². The van der Waals surface area contributed by atoms with Crippen LogP contribution < -0.4 is 11.1 Å². The van der Waals surface area contributed by atoms with E-state index in [-0.39, 0.29) is 5.91 Å². The summed E-state index contributed by atoms with van der Waals surface area (Å²) >= 11 is 0. The molecule has 78 valence electrons. The molecule has 0 fully saturated rings. The fraction of sp³-hybridized carbons (Fsp3) is 0.889. The van der Waals surface area contributed by atoms with Crippen LogP contribution in [0.25, 0.3) is 0 Å². The van der Waals surface area contributed by atoms with E-state index in [1.54, 1.807) is 7.11 Å². The number of amides is 1. The zero-order chi connectivity index (χ0) is 10.1. The first-order valence-electron chi connectivity index (χ1n) is 4.71. The van der Waals surface area contributed by atoms with E-state index in [0.717, 1.165) is 12.8 Å². The van der Waals surface area contributed by atoms with Crippen LogP contribution in [0.2, 0.25) is 0 Å². The van der Waals surface area contributed by atoms with Gasteiger partial charge in [0.1, 0.15) is 0 Å². The molecule has 0 radical (unpaired) electrons. The molecule has 0 aliphatic carbocycles. The van der Waals surface area contributed by atoms with Crippen molar-refractivity contribution in [2.24, 2.45) is 5.73 Å². The Kier molecular flexibility index (Phi) is 7.63. The highest BCUT2D eigenvalue weighted by Gasteiger charge is 2.05. The number of carbonyl (C=O) groups is 1. The van der Waals surface area contributed by atoms with E-state index in [1.165, 1.54) is 0 Å². The van der Waals surface area contributed by atoms with Crippen LogP contribution in [0.1, 0.15) is 26.2 Å². The van der Waals surface area contributed by atoms with Gasteiger partial charge in [0.15, 0.2) is 0 Å². The second kappa shape index (κ2) is 8.01. The quantitative estimate of drug-likeness (QED) is 0.574. The molecule has 0 aliphatic rings. The molecule has 0 aliphatic heterocycles. The molecule has 0 heterocycles. The van der Waals surface area contributed by atoms with Gasteiger partial charge in [-0.15, -0.1) is 0 Å². The van der Waals surface area contributed by atoms with Crippen molar-refractivity contribution in [1.82, 2.24) is 5.32 Å². The summed E-state index contributed by atoms with van der Waals surface area (Å²) in [6.07, 6.45) is 2.56. The van der Waals surface area contributed by atoms with E-state index in [1.807, 2.05) is 0 Å². The van der Waals surface area contributed by atoms with Gasteiger partial charge in [-0.1, -0.05) is 13.3 Å². The number of hydrogen-bond acceptors (Lipinski definition) is 3. The maximum Gasteiger partial charge on any atom is 0.218 e. The van der Waals surface area contributed by atoms with Crippen LogP contribution in [0, 0.1) is 0 Å². The number of carbonyl (C=O) groups excluding carboxylic acids is 1. The Balaban J connectivity index is 3.49. The average molecular weight is 188 g/mol. The fourth-order valence-corrected chi connectivity index (χ4v) is 1.19. The third kappa shape index (κ3) is 7.74. The van der Waals surface area contributed by atoms with E-state index >= 15 is 0 Å². The highest BCUT2D eigenvalue weighted by atomic mass is 16.5. The number of primary amides is 1. The number of ether oxygens (including phenoxy) is 1. The summed E-state index contributed by atoms with van der Waals surface area (Å²) in [6.45, 7) is 3.45. The van der Waals surface area contributed by atoms with Crippen LogP contribution in [-0.4, -0.2) is 32.2 Å². The van der Waals surface area contributed by atoms with Gasteiger partial charge in [0.2, 0.25) is 5.91 Å². The molecule has 1 atom stereocenters. The first-order valence-corrected chi connectivity index (χ1v) is 4.71. The van der Waals surface area contributed by atoms with Gasteiger partial charge in [0, 0.05) is 26.1 Å². The molecule has 13 heavy (non-hydrogen) atoms. The van der Waals surface area contributed by atoms with E-state index in [0.29, 0.717) is 25.6 Å². The van der Waals surface area contributed by atoms with Crippen molar-refractivity contribution in [3.05, 3.63) is 0 Å². The molecule has 0 rings (SSSR count). The number of nitrogens with one attached hydrogen (secondary N) is 1. The number of methoxy groups -OCH3 is 1. The Bertz CT molecular complexity index is 134.